The number of para-hydroxylation sites is 2. The van der Waals surface area contributed by atoms with Crippen molar-refractivity contribution in [1.29, 1.82) is 0 Å². The lowest BCUT2D eigenvalue weighted by Gasteiger charge is -2.37. The van der Waals surface area contributed by atoms with E-state index in [9.17, 15) is 4.79 Å². The number of hydrogen-bond donors (Lipinski definition) is 1. The largest absolute Gasteiger partial charge is 0.492 e. The molecule has 126 valence electrons. The van der Waals surface area contributed by atoms with E-state index in [-0.39, 0.29) is 5.69 Å². The SMILES string of the molecule is CCOc1ccccc1N1CCN(c2cccc(C(=O)O)n2)CC1. The molecular formula is C18H21N3O3. The van der Waals surface area contributed by atoms with Crippen LogP contribution in [-0.2, 0) is 0 Å². The quantitative estimate of drug-likeness (QED) is 0.910. The lowest BCUT2D eigenvalue weighted by Crippen LogP contribution is -2.47. The van der Waals surface area contributed by atoms with Crippen LogP contribution < -0.4 is 14.5 Å². The number of carboxylic acid groups (broad SMARTS) is 1. The Hall–Kier alpha value is -2.76. The van der Waals surface area contributed by atoms with Crippen molar-refractivity contribution in [2.24, 2.45) is 0 Å². The number of anilines is 2. The number of aromatic carboxylic acids is 1. The van der Waals surface area contributed by atoms with Gasteiger partial charge in [0.25, 0.3) is 0 Å². The second kappa shape index (κ2) is 7.21. The average molecular weight is 327 g/mol. The van der Waals surface area contributed by atoms with Crippen LogP contribution in [0.3, 0.4) is 0 Å². The topological polar surface area (TPSA) is 65.9 Å². The molecule has 0 spiro atoms. The molecule has 0 bridgehead atoms. The van der Waals surface area contributed by atoms with Crippen molar-refractivity contribution in [2.45, 2.75) is 6.92 Å². The van der Waals surface area contributed by atoms with Crippen LogP contribution >= 0.6 is 0 Å². The van der Waals surface area contributed by atoms with E-state index >= 15 is 0 Å². The van der Waals surface area contributed by atoms with E-state index in [0.29, 0.717) is 12.4 Å². The van der Waals surface area contributed by atoms with Crippen molar-refractivity contribution in [1.82, 2.24) is 4.98 Å². The van der Waals surface area contributed by atoms with Crippen LogP contribution in [-0.4, -0.2) is 48.8 Å². The Morgan fingerprint density at radius 3 is 2.50 bits per heavy atom. The Kier molecular flexibility index (Phi) is 4.84. The number of benzene rings is 1. The van der Waals surface area contributed by atoms with E-state index in [4.69, 9.17) is 9.84 Å². The van der Waals surface area contributed by atoms with Gasteiger partial charge in [-0.15, -0.1) is 0 Å². The van der Waals surface area contributed by atoms with Crippen LogP contribution in [0.2, 0.25) is 0 Å². The highest BCUT2D eigenvalue weighted by molar-refractivity contribution is 5.85. The molecule has 6 heteroatoms. The van der Waals surface area contributed by atoms with Gasteiger partial charge in [0, 0.05) is 26.2 Å². The summed E-state index contributed by atoms with van der Waals surface area (Å²) in [6, 6.07) is 13.2. The summed E-state index contributed by atoms with van der Waals surface area (Å²) < 4.78 is 5.71. The van der Waals surface area contributed by atoms with Crippen LogP contribution in [0.25, 0.3) is 0 Å². The van der Waals surface area contributed by atoms with Gasteiger partial charge in [-0.25, -0.2) is 9.78 Å². The molecule has 6 nitrogen and oxygen atoms in total. The average Bonchev–Trinajstić information content (AvgIpc) is 2.63. The molecule has 0 aliphatic carbocycles. The smallest absolute Gasteiger partial charge is 0.354 e. The van der Waals surface area contributed by atoms with Gasteiger partial charge in [-0.05, 0) is 31.2 Å². The third-order valence-electron chi connectivity index (χ3n) is 4.06. The molecule has 2 aromatic rings. The Morgan fingerprint density at radius 1 is 1.08 bits per heavy atom. The molecule has 2 heterocycles. The number of pyridine rings is 1. The number of nitrogens with zero attached hydrogens (tertiary/aromatic N) is 3. The van der Waals surface area contributed by atoms with Gasteiger partial charge in [-0.2, -0.15) is 0 Å². The maximum absolute atomic E-state index is 11.1. The minimum Gasteiger partial charge on any atom is -0.492 e. The summed E-state index contributed by atoms with van der Waals surface area (Å²) in [6.45, 7) is 5.87. The highest BCUT2D eigenvalue weighted by Gasteiger charge is 2.21. The fraction of sp³-hybridized carbons (Fsp3) is 0.333. The molecule has 0 unspecified atom stereocenters. The molecule has 3 rings (SSSR count). The van der Waals surface area contributed by atoms with Gasteiger partial charge in [0.1, 0.15) is 11.6 Å². The Balaban J connectivity index is 1.70. The normalized spacial score (nSPS) is 14.5. The number of piperazine rings is 1. The molecule has 1 aliphatic heterocycles. The third-order valence-corrected chi connectivity index (χ3v) is 4.06. The molecule has 1 aliphatic rings. The van der Waals surface area contributed by atoms with Crippen molar-refractivity contribution < 1.29 is 14.6 Å². The van der Waals surface area contributed by atoms with Crippen LogP contribution in [0.4, 0.5) is 11.5 Å². The summed E-state index contributed by atoms with van der Waals surface area (Å²) in [7, 11) is 0. The van der Waals surface area contributed by atoms with E-state index < -0.39 is 5.97 Å². The van der Waals surface area contributed by atoms with E-state index in [1.807, 2.05) is 31.2 Å². The van der Waals surface area contributed by atoms with Gasteiger partial charge in [0.05, 0.1) is 12.3 Å². The summed E-state index contributed by atoms with van der Waals surface area (Å²) >= 11 is 0. The molecule has 24 heavy (non-hydrogen) atoms. The van der Waals surface area contributed by atoms with E-state index in [1.54, 1.807) is 6.07 Å². The van der Waals surface area contributed by atoms with E-state index in [1.165, 1.54) is 6.07 Å². The van der Waals surface area contributed by atoms with E-state index in [2.05, 4.69) is 20.9 Å². The highest BCUT2D eigenvalue weighted by Crippen LogP contribution is 2.29. The predicted octanol–water partition coefficient (Wildman–Crippen LogP) is 2.51. The minimum absolute atomic E-state index is 0.0802. The number of aromatic nitrogens is 1. The summed E-state index contributed by atoms with van der Waals surface area (Å²) in [5, 5.41) is 9.08. The van der Waals surface area contributed by atoms with Crippen molar-refractivity contribution in [3.05, 3.63) is 48.2 Å². The summed E-state index contributed by atoms with van der Waals surface area (Å²) in [5.41, 5.74) is 1.18. The minimum atomic E-state index is -0.999. The lowest BCUT2D eigenvalue weighted by atomic mass is 10.2. The van der Waals surface area contributed by atoms with Crippen LogP contribution in [0.15, 0.2) is 42.5 Å². The summed E-state index contributed by atoms with van der Waals surface area (Å²) in [5.74, 6) is 0.619. The second-order valence-electron chi connectivity index (χ2n) is 5.56. The van der Waals surface area contributed by atoms with Gasteiger partial charge in [-0.1, -0.05) is 18.2 Å². The first kappa shape index (κ1) is 16.1. The zero-order valence-corrected chi connectivity index (χ0v) is 13.7. The van der Waals surface area contributed by atoms with Crippen LogP contribution in [0.1, 0.15) is 17.4 Å². The van der Waals surface area contributed by atoms with Crippen molar-refractivity contribution in [3.63, 3.8) is 0 Å². The Bertz CT molecular complexity index is 712. The molecule has 1 saturated heterocycles. The molecule has 0 saturated carbocycles. The van der Waals surface area contributed by atoms with Crippen LogP contribution in [0, 0.1) is 0 Å². The van der Waals surface area contributed by atoms with E-state index in [0.717, 1.165) is 37.6 Å². The van der Waals surface area contributed by atoms with Crippen molar-refractivity contribution in [2.75, 3.05) is 42.6 Å². The summed E-state index contributed by atoms with van der Waals surface area (Å²) in [6.07, 6.45) is 0. The Labute approximate surface area is 141 Å². The van der Waals surface area contributed by atoms with Gasteiger partial charge >= 0.3 is 5.97 Å². The van der Waals surface area contributed by atoms with Gasteiger partial charge < -0.3 is 19.6 Å². The number of carboxylic acids is 1. The second-order valence-corrected chi connectivity index (χ2v) is 5.56. The lowest BCUT2D eigenvalue weighted by molar-refractivity contribution is 0.0690. The first-order valence-corrected chi connectivity index (χ1v) is 8.11. The van der Waals surface area contributed by atoms with Gasteiger partial charge in [0.2, 0.25) is 0 Å². The molecule has 0 amide bonds. The fourth-order valence-corrected chi connectivity index (χ4v) is 2.89. The first-order valence-electron chi connectivity index (χ1n) is 8.11. The zero-order chi connectivity index (χ0) is 16.9. The molecule has 0 radical (unpaired) electrons. The molecule has 0 atom stereocenters. The maximum Gasteiger partial charge on any atom is 0.354 e. The zero-order valence-electron chi connectivity index (χ0n) is 13.7. The number of carbonyl (C=O) groups is 1. The Morgan fingerprint density at radius 2 is 1.79 bits per heavy atom. The predicted molar refractivity (Wildman–Crippen MR) is 93.2 cm³/mol. The standard InChI is InChI=1S/C18H21N3O3/c1-2-24-16-8-4-3-7-15(16)20-10-12-21(13-11-20)17-9-5-6-14(19-17)18(22)23/h3-9H,2,10-13H2,1H3,(H,22,23). The summed E-state index contributed by atoms with van der Waals surface area (Å²) in [4.78, 5) is 19.7. The third kappa shape index (κ3) is 3.42. The molecule has 1 N–H and O–H groups in total. The number of ether oxygens (including phenoxy) is 1. The number of rotatable bonds is 5. The fourth-order valence-electron chi connectivity index (χ4n) is 2.89. The number of hydrogen-bond acceptors (Lipinski definition) is 5. The first-order chi connectivity index (χ1) is 11.7. The highest BCUT2D eigenvalue weighted by atomic mass is 16.5. The molecule has 1 aromatic carbocycles. The molecule has 1 fully saturated rings. The van der Waals surface area contributed by atoms with Crippen LogP contribution in [0.5, 0.6) is 5.75 Å². The van der Waals surface area contributed by atoms with Crippen molar-refractivity contribution in [3.8, 4) is 5.75 Å². The molecule has 1 aromatic heterocycles. The van der Waals surface area contributed by atoms with Crippen molar-refractivity contribution >= 4 is 17.5 Å². The monoisotopic (exact) mass is 327 g/mol. The van der Waals surface area contributed by atoms with Gasteiger partial charge in [0.15, 0.2) is 5.69 Å². The molecular weight excluding hydrogens is 306 g/mol. The van der Waals surface area contributed by atoms with Gasteiger partial charge in [-0.3, -0.25) is 0 Å². The maximum atomic E-state index is 11.1.